The van der Waals surface area contributed by atoms with Gasteiger partial charge in [0.2, 0.25) is 5.91 Å². The maximum absolute atomic E-state index is 12.6. The first kappa shape index (κ1) is 17.8. The Morgan fingerprint density at radius 3 is 2.40 bits per heavy atom. The van der Waals surface area contributed by atoms with Crippen LogP contribution in [0.1, 0.15) is 59.3 Å². The SMILES string of the molecule is CC(CC(=O)N1C(C)CCCC1C)C1CCCNC1.Cl. The normalized spacial score (nSPS) is 32.4. The van der Waals surface area contributed by atoms with E-state index in [0.717, 1.165) is 19.5 Å². The van der Waals surface area contributed by atoms with E-state index in [9.17, 15) is 4.79 Å². The fourth-order valence-corrected chi connectivity index (χ4v) is 3.82. The average Bonchev–Trinajstić information content (AvgIpc) is 2.39. The average molecular weight is 303 g/mol. The fraction of sp³-hybridized carbons (Fsp3) is 0.938. The van der Waals surface area contributed by atoms with Gasteiger partial charge in [0.25, 0.3) is 0 Å². The van der Waals surface area contributed by atoms with Gasteiger partial charge >= 0.3 is 0 Å². The Morgan fingerprint density at radius 1 is 1.20 bits per heavy atom. The zero-order valence-electron chi connectivity index (χ0n) is 13.2. The van der Waals surface area contributed by atoms with E-state index < -0.39 is 0 Å². The molecule has 0 aromatic heterocycles. The van der Waals surface area contributed by atoms with E-state index in [1.807, 2.05) is 0 Å². The molecule has 2 aliphatic rings. The van der Waals surface area contributed by atoms with E-state index in [-0.39, 0.29) is 12.4 Å². The molecule has 2 saturated heterocycles. The highest BCUT2D eigenvalue weighted by atomic mass is 35.5. The lowest BCUT2D eigenvalue weighted by Gasteiger charge is -2.40. The highest BCUT2D eigenvalue weighted by Gasteiger charge is 2.31. The van der Waals surface area contributed by atoms with Crippen molar-refractivity contribution in [3.63, 3.8) is 0 Å². The molecular formula is C16H31ClN2O. The van der Waals surface area contributed by atoms with Crippen molar-refractivity contribution in [1.82, 2.24) is 10.2 Å². The summed E-state index contributed by atoms with van der Waals surface area (Å²) in [4.78, 5) is 14.7. The van der Waals surface area contributed by atoms with Crippen LogP contribution in [-0.2, 0) is 4.79 Å². The predicted molar refractivity (Wildman–Crippen MR) is 86.2 cm³/mol. The highest BCUT2D eigenvalue weighted by molar-refractivity contribution is 5.85. The van der Waals surface area contributed by atoms with Crippen LogP contribution >= 0.6 is 12.4 Å². The van der Waals surface area contributed by atoms with E-state index in [0.29, 0.717) is 29.8 Å². The summed E-state index contributed by atoms with van der Waals surface area (Å²) >= 11 is 0. The highest BCUT2D eigenvalue weighted by Crippen LogP contribution is 2.27. The van der Waals surface area contributed by atoms with Gasteiger partial charge in [-0.25, -0.2) is 0 Å². The van der Waals surface area contributed by atoms with E-state index in [4.69, 9.17) is 0 Å². The van der Waals surface area contributed by atoms with Crippen LogP contribution in [0.15, 0.2) is 0 Å². The lowest BCUT2D eigenvalue weighted by molar-refractivity contribution is -0.138. The summed E-state index contributed by atoms with van der Waals surface area (Å²) in [6, 6.07) is 0.876. The molecule has 2 fully saturated rings. The Bertz CT molecular complexity index is 295. The van der Waals surface area contributed by atoms with Gasteiger partial charge in [0.15, 0.2) is 0 Å². The minimum atomic E-state index is 0. The molecular weight excluding hydrogens is 272 g/mol. The molecule has 0 bridgehead atoms. The molecule has 0 aliphatic carbocycles. The van der Waals surface area contributed by atoms with Gasteiger partial charge in [-0.15, -0.1) is 12.4 Å². The van der Waals surface area contributed by atoms with Crippen molar-refractivity contribution >= 4 is 18.3 Å². The van der Waals surface area contributed by atoms with Crippen molar-refractivity contribution in [3.05, 3.63) is 0 Å². The molecule has 4 heteroatoms. The lowest BCUT2D eigenvalue weighted by atomic mass is 9.84. The lowest BCUT2D eigenvalue weighted by Crippen LogP contribution is -2.48. The molecule has 0 aromatic carbocycles. The number of hydrogen-bond acceptors (Lipinski definition) is 2. The summed E-state index contributed by atoms with van der Waals surface area (Å²) in [7, 11) is 0. The summed E-state index contributed by atoms with van der Waals surface area (Å²) in [6.45, 7) is 8.92. The predicted octanol–water partition coefficient (Wildman–Crippen LogP) is 3.22. The Balaban J connectivity index is 0.00000200. The zero-order chi connectivity index (χ0) is 13.8. The minimum Gasteiger partial charge on any atom is -0.337 e. The van der Waals surface area contributed by atoms with Crippen molar-refractivity contribution in [3.8, 4) is 0 Å². The maximum atomic E-state index is 12.6. The van der Waals surface area contributed by atoms with Crippen LogP contribution in [0.5, 0.6) is 0 Å². The van der Waals surface area contributed by atoms with Gasteiger partial charge in [-0.1, -0.05) is 6.92 Å². The molecule has 0 spiro atoms. The number of halogens is 1. The van der Waals surface area contributed by atoms with Gasteiger partial charge in [0, 0.05) is 18.5 Å². The maximum Gasteiger partial charge on any atom is 0.223 e. The van der Waals surface area contributed by atoms with Crippen LogP contribution in [-0.4, -0.2) is 36.0 Å². The molecule has 0 radical (unpaired) electrons. The van der Waals surface area contributed by atoms with Crippen LogP contribution in [0, 0.1) is 11.8 Å². The summed E-state index contributed by atoms with van der Waals surface area (Å²) in [5, 5.41) is 3.46. The molecule has 1 amide bonds. The van der Waals surface area contributed by atoms with Crippen molar-refractivity contribution in [1.29, 1.82) is 0 Å². The third-order valence-electron chi connectivity index (χ3n) is 5.12. The van der Waals surface area contributed by atoms with Crippen LogP contribution in [0.4, 0.5) is 0 Å². The minimum absolute atomic E-state index is 0. The Kier molecular flexibility index (Phi) is 7.32. The number of nitrogens with zero attached hydrogens (tertiary/aromatic N) is 1. The number of likely N-dealkylation sites (tertiary alicyclic amines) is 1. The van der Waals surface area contributed by atoms with Crippen LogP contribution in [0.25, 0.3) is 0 Å². The molecule has 1 N–H and O–H groups in total. The molecule has 2 rings (SSSR count). The first-order valence-electron chi connectivity index (χ1n) is 8.11. The molecule has 2 aliphatic heterocycles. The third-order valence-corrected chi connectivity index (χ3v) is 5.12. The van der Waals surface area contributed by atoms with E-state index >= 15 is 0 Å². The molecule has 20 heavy (non-hydrogen) atoms. The second kappa shape index (κ2) is 8.23. The quantitative estimate of drug-likeness (QED) is 0.868. The van der Waals surface area contributed by atoms with Gasteiger partial charge in [0.05, 0.1) is 0 Å². The number of amides is 1. The van der Waals surface area contributed by atoms with Crippen molar-refractivity contribution in [2.45, 2.75) is 71.4 Å². The first-order valence-corrected chi connectivity index (χ1v) is 8.11. The first-order chi connectivity index (χ1) is 9.09. The van der Waals surface area contributed by atoms with Gasteiger partial charge in [-0.05, 0) is 70.9 Å². The van der Waals surface area contributed by atoms with Gasteiger partial charge in [-0.3, -0.25) is 4.79 Å². The summed E-state index contributed by atoms with van der Waals surface area (Å²) in [5.41, 5.74) is 0. The van der Waals surface area contributed by atoms with Crippen molar-refractivity contribution in [2.24, 2.45) is 11.8 Å². The Hall–Kier alpha value is -0.280. The molecule has 118 valence electrons. The van der Waals surface area contributed by atoms with Crippen molar-refractivity contribution in [2.75, 3.05) is 13.1 Å². The summed E-state index contributed by atoms with van der Waals surface area (Å²) in [6.07, 6.45) is 6.91. The fourth-order valence-electron chi connectivity index (χ4n) is 3.82. The topological polar surface area (TPSA) is 32.3 Å². The van der Waals surface area contributed by atoms with Gasteiger partial charge in [-0.2, -0.15) is 0 Å². The number of piperidine rings is 2. The second-order valence-corrected chi connectivity index (χ2v) is 6.72. The third kappa shape index (κ3) is 4.36. The standard InChI is InChI=1S/C16H30N2O.ClH/c1-12(15-8-5-9-17-11-15)10-16(19)18-13(2)6-4-7-14(18)3;/h12-15,17H,4-11H2,1-3H3;1H. The van der Waals surface area contributed by atoms with Crippen LogP contribution < -0.4 is 5.32 Å². The number of carbonyl (C=O) groups is 1. The Morgan fingerprint density at radius 2 is 1.85 bits per heavy atom. The number of hydrogen-bond donors (Lipinski definition) is 1. The van der Waals surface area contributed by atoms with Crippen LogP contribution in [0.3, 0.4) is 0 Å². The molecule has 3 nitrogen and oxygen atoms in total. The van der Waals surface area contributed by atoms with E-state index in [1.165, 1.54) is 32.1 Å². The number of carbonyl (C=O) groups excluding carboxylic acids is 1. The zero-order valence-corrected chi connectivity index (χ0v) is 14.0. The monoisotopic (exact) mass is 302 g/mol. The molecule has 2 heterocycles. The van der Waals surface area contributed by atoms with E-state index in [1.54, 1.807) is 0 Å². The number of nitrogens with one attached hydrogen (secondary N) is 1. The molecule has 0 saturated carbocycles. The van der Waals surface area contributed by atoms with Crippen LogP contribution in [0.2, 0.25) is 0 Å². The summed E-state index contributed by atoms with van der Waals surface area (Å²) in [5.74, 6) is 1.59. The smallest absolute Gasteiger partial charge is 0.223 e. The molecule has 4 atom stereocenters. The number of rotatable bonds is 3. The van der Waals surface area contributed by atoms with Gasteiger partial charge < -0.3 is 10.2 Å². The second-order valence-electron chi connectivity index (χ2n) is 6.72. The van der Waals surface area contributed by atoms with E-state index in [2.05, 4.69) is 31.0 Å². The molecule has 4 unspecified atom stereocenters. The van der Waals surface area contributed by atoms with Crippen molar-refractivity contribution < 1.29 is 4.79 Å². The Labute approximate surface area is 130 Å². The summed E-state index contributed by atoms with van der Waals surface area (Å²) < 4.78 is 0. The molecule has 0 aromatic rings. The van der Waals surface area contributed by atoms with Gasteiger partial charge in [0.1, 0.15) is 0 Å². The largest absolute Gasteiger partial charge is 0.337 e.